The van der Waals surface area contributed by atoms with Crippen molar-refractivity contribution >= 4 is 5.84 Å². The monoisotopic (exact) mass is 112 g/mol. The number of nitrogens with zero attached hydrogens (tertiary/aromatic N) is 1. The summed E-state index contributed by atoms with van der Waals surface area (Å²) in [6.07, 6.45) is 3.77. The number of hydrogen-bond acceptors (Lipinski definition) is 1. The van der Waals surface area contributed by atoms with Gasteiger partial charge < -0.3 is 5.32 Å². The third-order valence-electron chi connectivity index (χ3n) is 0.794. The normalized spacial score (nSPS) is 12.6. The number of amidine groups is 1. The number of aliphatic imine (C=N–C) groups is 1. The van der Waals surface area contributed by atoms with Crippen LogP contribution >= 0.6 is 0 Å². The number of nitrogens with one attached hydrogen (secondary N) is 1. The van der Waals surface area contributed by atoms with Gasteiger partial charge in [-0.15, -0.1) is 0 Å². The molecule has 2 nitrogen and oxygen atoms in total. The summed E-state index contributed by atoms with van der Waals surface area (Å²) in [4.78, 5) is 3.88. The van der Waals surface area contributed by atoms with Crippen molar-refractivity contribution in [2.75, 3.05) is 7.05 Å². The summed E-state index contributed by atoms with van der Waals surface area (Å²) in [7, 11) is 1.76. The van der Waals surface area contributed by atoms with Crippen LogP contribution in [0.1, 0.15) is 13.8 Å². The molecule has 0 aliphatic rings. The third-order valence-corrected chi connectivity index (χ3v) is 0.794. The van der Waals surface area contributed by atoms with Crippen molar-refractivity contribution in [1.82, 2.24) is 5.32 Å². The van der Waals surface area contributed by atoms with Crippen LogP contribution in [-0.4, -0.2) is 12.9 Å². The number of hydrogen-bond donors (Lipinski definition) is 1. The molecule has 0 aromatic heterocycles. The van der Waals surface area contributed by atoms with Gasteiger partial charge in [0.2, 0.25) is 0 Å². The van der Waals surface area contributed by atoms with Crippen LogP contribution in [0.3, 0.4) is 0 Å². The van der Waals surface area contributed by atoms with Gasteiger partial charge in [0.1, 0.15) is 0 Å². The van der Waals surface area contributed by atoms with Gasteiger partial charge in [-0.25, -0.2) is 0 Å². The molecular formula is C6H12N2. The first-order valence-corrected chi connectivity index (χ1v) is 2.62. The van der Waals surface area contributed by atoms with Gasteiger partial charge in [0, 0.05) is 7.05 Å². The highest BCUT2D eigenvalue weighted by molar-refractivity contribution is 5.80. The summed E-state index contributed by atoms with van der Waals surface area (Å²) in [6, 6.07) is 0. The smallest absolute Gasteiger partial charge is 0.0967 e. The molecule has 0 saturated heterocycles. The van der Waals surface area contributed by atoms with E-state index in [0.29, 0.717) is 0 Å². The Morgan fingerprint density at radius 1 is 1.62 bits per heavy atom. The quantitative estimate of drug-likeness (QED) is 0.399. The van der Waals surface area contributed by atoms with Gasteiger partial charge in [0.05, 0.1) is 5.84 Å². The SMILES string of the molecule is C/C=C\NC(C)=NC. The zero-order valence-electron chi connectivity index (χ0n) is 5.60. The summed E-state index contributed by atoms with van der Waals surface area (Å²) >= 11 is 0. The van der Waals surface area contributed by atoms with Gasteiger partial charge in [-0.2, -0.15) is 0 Å². The van der Waals surface area contributed by atoms with Gasteiger partial charge in [-0.05, 0) is 20.0 Å². The van der Waals surface area contributed by atoms with Gasteiger partial charge in [-0.3, -0.25) is 4.99 Å². The molecule has 2 heteroatoms. The Morgan fingerprint density at radius 2 is 2.25 bits per heavy atom. The highest BCUT2D eigenvalue weighted by Gasteiger charge is 1.75. The van der Waals surface area contributed by atoms with E-state index in [4.69, 9.17) is 0 Å². The standard InChI is InChI=1S/C6H12N2/c1-4-5-8-6(2)7-3/h4-5H,1-3H3,(H,7,8)/b5-4-. The van der Waals surface area contributed by atoms with Gasteiger partial charge in [-0.1, -0.05) is 6.08 Å². The molecule has 0 saturated carbocycles. The molecule has 0 aliphatic heterocycles. The van der Waals surface area contributed by atoms with Crippen LogP contribution in [0.4, 0.5) is 0 Å². The Kier molecular flexibility index (Phi) is 3.94. The molecule has 0 aromatic rings. The van der Waals surface area contributed by atoms with Crippen molar-refractivity contribution in [3.63, 3.8) is 0 Å². The van der Waals surface area contributed by atoms with E-state index in [1.165, 1.54) is 0 Å². The third kappa shape index (κ3) is 3.40. The van der Waals surface area contributed by atoms with Crippen LogP contribution in [0.2, 0.25) is 0 Å². The first-order chi connectivity index (χ1) is 3.81. The van der Waals surface area contributed by atoms with Crippen LogP contribution in [-0.2, 0) is 0 Å². The van der Waals surface area contributed by atoms with Crippen LogP contribution in [0.25, 0.3) is 0 Å². The van der Waals surface area contributed by atoms with Gasteiger partial charge in [0.25, 0.3) is 0 Å². The minimum atomic E-state index is 0.933. The molecule has 0 heterocycles. The Morgan fingerprint density at radius 3 is 2.62 bits per heavy atom. The highest BCUT2D eigenvalue weighted by Crippen LogP contribution is 1.67. The van der Waals surface area contributed by atoms with Gasteiger partial charge >= 0.3 is 0 Å². The summed E-state index contributed by atoms with van der Waals surface area (Å²) in [5.74, 6) is 0.933. The van der Waals surface area contributed by atoms with E-state index in [2.05, 4.69) is 10.3 Å². The van der Waals surface area contributed by atoms with Crippen molar-refractivity contribution in [3.05, 3.63) is 12.3 Å². The maximum Gasteiger partial charge on any atom is 0.0967 e. The molecule has 0 amide bonds. The maximum absolute atomic E-state index is 3.88. The molecule has 0 bridgehead atoms. The fourth-order valence-electron chi connectivity index (χ4n) is 0.268. The van der Waals surface area contributed by atoms with Crippen molar-refractivity contribution in [1.29, 1.82) is 0 Å². The van der Waals surface area contributed by atoms with Gasteiger partial charge in [0.15, 0.2) is 0 Å². The Labute approximate surface area is 50.3 Å². The summed E-state index contributed by atoms with van der Waals surface area (Å²) in [6.45, 7) is 3.87. The minimum absolute atomic E-state index is 0.933. The maximum atomic E-state index is 3.88. The van der Waals surface area contributed by atoms with Crippen molar-refractivity contribution in [2.45, 2.75) is 13.8 Å². The second-order valence-electron chi connectivity index (χ2n) is 1.45. The Bertz CT molecular complexity index is 103. The lowest BCUT2D eigenvalue weighted by atomic mass is 10.6. The fraction of sp³-hybridized carbons (Fsp3) is 0.500. The summed E-state index contributed by atoms with van der Waals surface area (Å²) < 4.78 is 0. The molecule has 0 aliphatic carbocycles. The van der Waals surface area contributed by atoms with E-state index in [9.17, 15) is 0 Å². The summed E-state index contributed by atoms with van der Waals surface area (Å²) in [5.41, 5.74) is 0. The molecule has 0 rings (SSSR count). The van der Waals surface area contributed by atoms with Crippen LogP contribution in [0, 0.1) is 0 Å². The Balaban J connectivity index is 3.40. The minimum Gasteiger partial charge on any atom is -0.351 e. The molecule has 0 radical (unpaired) electrons. The topological polar surface area (TPSA) is 24.4 Å². The lowest BCUT2D eigenvalue weighted by Gasteiger charge is -1.93. The predicted molar refractivity (Wildman–Crippen MR) is 37.0 cm³/mol. The van der Waals surface area contributed by atoms with E-state index >= 15 is 0 Å². The lowest BCUT2D eigenvalue weighted by molar-refractivity contribution is 1.21. The largest absolute Gasteiger partial charge is 0.351 e. The highest BCUT2D eigenvalue weighted by atomic mass is 14.9. The molecule has 0 fully saturated rings. The molecule has 1 N–H and O–H groups in total. The molecule has 0 unspecified atom stereocenters. The lowest BCUT2D eigenvalue weighted by Crippen LogP contribution is -2.11. The first-order valence-electron chi connectivity index (χ1n) is 2.62. The average molecular weight is 112 g/mol. The van der Waals surface area contributed by atoms with E-state index < -0.39 is 0 Å². The van der Waals surface area contributed by atoms with E-state index in [-0.39, 0.29) is 0 Å². The van der Waals surface area contributed by atoms with E-state index in [1.54, 1.807) is 7.05 Å². The second-order valence-corrected chi connectivity index (χ2v) is 1.45. The Hall–Kier alpha value is -0.790. The van der Waals surface area contributed by atoms with Crippen LogP contribution in [0.15, 0.2) is 17.3 Å². The van der Waals surface area contributed by atoms with E-state index in [1.807, 2.05) is 26.1 Å². The van der Waals surface area contributed by atoms with Crippen molar-refractivity contribution < 1.29 is 0 Å². The zero-order valence-corrected chi connectivity index (χ0v) is 5.60. The fourth-order valence-corrected chi connectivity index (χ4v) is 0.268. The van der Waals surface area contributed by atoms with Crippen molar-refractivity contribution in [3.8, 4) is 0 Å². The molecular weight excluding hydrogens is 100 g/mol. The first kappa shape index (κ1) is 7.21. The molecule has 0 atom stereocenters. The molecule has 0 aromatic carbocycles. The van der Waals surface area contributed by atoms with Crippen LogP contribution < -0.4 is 5.32 Å². The molecule has 0 spiro atoms. The molecule has 8 heavy (non-hydrogen) atoms. The predicted octanol–water partition coefficient (Wildman–Crippen LogP) is 1.16. The van der Waals surface area contributed by atoms with Crippen molar-refractivity contribution in [2.24, 2.45) is 4.99 Å². The number of allylic oxidation sites excluding steroid dienone is 1. The number of rotatable bonds is 1. The van der Waals surface area contributed by atoms with E-state index in [0.717, 1.165) is 5.84 Å². The van der Waals surface area contributed by atoms with Crippen LogP contribution in [0.5, 0.6) is 0 Å². The summed E-state index contributed by atoms with van der Waals surface area (Å²) in [5, 5.41) is 2.95. The molecule has 46 valence electrons. The second kappa shape index (κ2) is 4.37. The zero-order chi connectivity index (χ0) is 6.41. The average Bonchev–Trinajstić information content (AvgIpc) is 1.83.